The fourth-order valence-electron chi connectivity index (χ4n) is 3.02. The second-order valence-corrected chi connectivity index (χ2v) is 6.85. The van der Waals surface area contributed by atoms with Crippen molar-refractivity contribution in [1.29, 1.82) is 0 Å². The molecule has 0 saturated carbocycles. The molecule has 0 heterocycles. The Labute approximate surface area is 168 Å². The topological polar surface area (TPSA) is 0 Å². The van der Waals surface area contributed by atoms with Crippen LogP contribution in [0.25, 0.3) is 11.1 Å². The van der Waals surface area contributed by atoms with Crippen LogP contribution in [0.5, 0.6) is 0 Å². The summed E-state index contributed by atoms with van der Waals surface area (Å²) in [6.07, 6.45) is 4.60. The first-order chi connectivity index (χ1) is 14.0. The molecule has 0 aliphatic rings. The summed E-state index contributed by atoms with van der Waals surface area (Å²) < 4.78 is 54.3. The number of hydrogen-bond acceptors (Lipinski definition) is 0. The zero-order valence-corrected chi connectivity index (χ0v) is 16.0. The molecule has 0 aliphatic heterocycles. The van der Waals surface area contributed by atoms with Gasteiger partial charge < -0.3 is 0 Å². The second kappa shape index (κ2) is 9.43. The molecule has 0 unspecified atom stereocenters. The summed E-state index contributed by atoms with van der Waals surface area (Å²) >= 11 is 0. The SMILES string of the molecule is CCCCCc1ccc(C#Cc2ccc(-c3cc(F)c(F)c(F)c3)c(F)c2)cc1. The summed E-state index contributed by atoms with van der Waals surface area (Å²) in [4.78, 5) is 0. The molecule has 0 fully saturated rings. The maximum absolute atomic E-state index is 14.4. The molecule has 3 aromatic carbocycles. The summed E-state index contributed by atoms with van der Waals surface area (Å²) in [5.74, 6) is 0.885. The van der Waals surface area contributed by atoms with Crippen molar-refractivity contribution < 1.29 is 17.6 Å². The van der Waals surface area contributed by atoms with Gasteiger partial charge in [-0.25, -0.2) is 17.6 Å². The number of halogens is 4. The molecular formula is C25H20F4. The number of unbranched alkanes of at least 4 members (excludes halogenated alkanes) is 2. The molecule has 0 atom stereocenters. The number of hydrogen-bond donors (Lipinski definition) is 0. The summed E-state index contributed by atoms with van der Waals surface area (Å²) in [6.45, 7) is 2.17. The fourth-order valence-corrected chi connectivity index (χ4v) is 3.02. The van der Waals surface area contributed by atoms with Gasteiger partial charge in [-0.15, -0.1) is 0 Å². The zero-order chi connectivity index (χ0) is 20.8. The van der Waals surface area contributed by atoms with Crippen LogP contribution in [0.1, 0.15) is 42.9 Å². The van der Waals surface area contributed by atoms with Gasteiger partial charge in [-0.1, -0.05) is 49.8 Å². The van der Waals surface area contributed by atoms with Crippen molar-refractivity contribution in [2.75, 3.05) is 0 Å². The number of aryl methyl sites for hydroxylation is 1. The molecule has 0 bridgehead atoms. The molecule has 3 rings (SSSR count). The molecule has 0 aliphatic carbocycles. The van der Waals surface area contributed by atoms with Gasteiger partial charge in [-0.3, -0.25) is 0 Å². The average molecular weight is 396 g/mol. The highest BCUT2D eigenvalue weighted by Crippen LogP contribution is 2.26. The van der Waals surface area contributed by atoms with E-state index in [1.165, 1.54) is 30.5 Å². The summed E-state index contributed by atoms with van der Waals surface area (Å²) in [7, 11) is 0. The van der Waals surface area contributed by atoms with Gasteiger partial charge in [0.15, 0.2) is 17.5 Å². The van der Waals surface area contributed by atoms with Crippen LogP contribution >= 0.6 is 0 Å². The first-order valence-electron chi connectivity index (χ1n) is 9.53. The molecule has 0 aromatic heterocycles. The van der Waals surface area contributed by atoms with Gasteiger partial charge >= 0.3 is 0 Å². The molecule has 0 spiro atoms. The lowest BCUT2D eigenvalue weighted by atomic mass is 10.0. The lowest BCUT2D eigenvalue weighted by Crippen LogP contribution is -1.94. The van der Waals surface area contributed by atoms with E-state index in [2.05, 4.69) is 18.8 Å². The van der Waals surface area contributed by atoms with Crippen LogP contribution in [0, 0.1) is 35.1 Å². The van der Waals surface area contributed by atoms with Crippen molar-refractivity contribution in [2.24, 2.45) is 0 Å². The van der Waals surface area contributed by atoms with E-state index in [0.717, 1.165) is 30.5 Å². The zero-order valence-electron chi connectivity index (χ0n) is 16.0. The van der Waals surface area contributed by atoms with Crippen molar-refractivity contribution in [3.63, 3.8) is 0 Å². The summed E-state index contributed by atoms with van der Waals surface area (Å²) in [5.41, 5.74) is 2.41. The highest BCUT2D eigenvalue weighted by Gasteiger charge is 2.14. The van der Waals surface area contributed by atoms with Gasteiger partial charge in [0.2, 0.25) is 0 Å². The van der Waals surface area contributed by atoms with E-state index >= 15 is 0 Å². The van der Waals surface area contributed by atoms with Crippen molar-refractivity contribution in [3.8, 4) is 23.0 Å². The minimum Gasteiger partial charge on any atom is -0.206 e. The van der Waals surface area contributed by atoms with Gasteiger partial charge in [0, 0.05) is 16.7 Å². The smallest absolute Gasteiger partial charge is 0.194 e. The third-order valence-corrected chi connectivity index (χ3v) is 4.64. The van der Waals surface area contributed by atoms with Crippen LogP contribution in [-0.2, 0) is 6.42 Å². The van der Waals surface area contributed by atoms with Crippen LogP contribution in [0.3, 0.4) is 0 Å². The predicted molar refractivity (Wildman–Crippen MR) is 107 cm³/mol. The Morgan fingerprint density at radius 2 is 1.31 bits per heavy atom. The highest BCUT2D eigenvalue weighted by molar-refractivity contribution is 5.65. The average Bonchev–Trinajstić information content (AvgIpc) is 2.71. The van der Waals surface area contributed by atoms with Crippen LogP contribution < -0.4 is 0 Å². The van der Waals surface area contributed by atoms with Crippen LogP contribution in [-0.4, -0.2) is 0 Å². The van der Waals surface area contributed by atoms with E-state index in [1.54, 1.807) is 6.07 Å². The van der Waals surface area contributed by atoms with Crippen molar-refractivity contribution in [1.82, 2.24) is 0 Å². The molecule has 148 valence electrons. The maximum atomic E-state index is 14.4. The predicted octanol–water partition coefficient (Wildman–Crippen LogP) is 7.04. The van der Waals surface area contributed by atoms with Gasteiger partial charge in [0.25, 0.3) is 0 Å². The Morgan fingerprint density at radius 1 is 0.690 bits per heavy atom. The molecule has 3 aromatic rings. The standard InChI is InChI=1S/C25H20F4/c1-2-3-4-5-17-6-8-18(9-7-17)10-11-19-12-13-21(22(26)14-19)20-15-23(27)25(29)24(28)16-20/h6-9,12-16H,2-5H2,1H3. The van der Waals surface area contributed by atoms with E-state index in [4.69, 9.17) is 0 Å². The molecule has 29 heavy (non-hydrogen) atoms. The van der Waals surface area contributed by atoms with Gasteiger partial charge in [-0.05, 0) is 60.4 Å². The lowest BCUT2D eigenvalue weighted by molar-refractivity contribution is 0.447. The summed E-state index contributed by atoms with van der Waals surface area (Å²) in [5, 5.41) is 0. The van der Waals surface area contributed by atoms with E-state index in [9.17, 15) is 17.6 Å². The molecule has 0 N–H and O–H groups in total. The molecule has 0 saturated heterocycles. The minimum absolute atomic E-state index is 0.0233. The van der Waals surface area contributed by atoms with Crippen molar-refractivity contribution in [3.05, 3.63) is 94.6 Å². The molecule has 0 nitrogen and oxygen atoms in total. The molecule has 0 radical (unpaired) electrons. The number of rotatable bonds is 5. The largest absolute Gasteiger partial charge is 0.206 e. The van der Waals surface area contributed by atoms with Crippen LogP contribution in [0.2, 0.25) is 0 Å². The minimum atomic E-state index is -1.58. The third kappa shape index (κ3) is 5.26. The maximum Gasteiger partial charge on any atom is 0.194 e. The van der Waals surface area contributed by atoms with Gasteiger partial charge in [0.1, 0.15) is 5.82 Å². The Morgan fingerprint density at radius 3 is 1.93 bits per heavy atom. The second-order valence-electron chi connectivity index (χ2n) is 6.85. The summed E-state index contributed by atoms with van der Waals surface area (Å²) in [6, 6.07) is 13.6. The van der Waals surface area contributed by atoms with E-state index < -0.39 is 23.3 Å². The Balaban J connectivity index is 1.76. The molecule has 0 amide bonds. The van der Waals surface area contributed by atoms with E-state index in [-0.39, 0.29) is 11.1 Å². The Kier molecular flexibility index (Phi) is 6.72. The van der Waals surface area contributed by atoms with Gasteiger partial charge in [-0.2, -0.15) is 0 Å². The quantitative estimate of drug-likeness (QED) is 0.188. The Bertz CT molecular complexity index is 1030. The first kappa shape index (κ1) is 20.7. The molecule has 4 heteroatoms. The monoisotopic (exact) mass is 396 g/mol. The van der Waals surface area contributed by atoms with Crippen molar-refractivity contribution >= 4 is 0 Å². The Hall–Kier alpha value is -3.06. The highest BCUT2D eigenvalue weighted by atomic mass is 19.2. The third-order valence-electron chi connectivity index (χ3n) is 4.64. The fraction of sp³-hybridized carbons (Fsp3) is 0.200. The van der Waals surface area contributed by atoms with E-state index in [1.807, 2.05) is 24.3 Å². The van der Waals surface area contributed by atoms with Crippen molar-refractivity contribution in [2.45, 2.75) is 32.6 Å². The molecular weight excluding hydrogens is 376 g/mol. The first-order valence-corrected chi connectivity index (χ1v) is 9.53. The lowest BCUT2D eigenvalue weighted by Gasteiger charge is -2.06. The van der Waals surface area contributed by atoms with Crippen LogP contribution in [0.4, 0.5) is 17.6 Å². The van der Waals surface area contributed by atoms with E-state index in [0.29, 0.717) is 5.56 Å². The number of benzene rings is 3. The van der Waals surface area contributed by atoms with Gasteiger partial charge in [0.05, 0.1) is 0 Å². The normalized spacial score (nSPS) is 10.5. The van der Waals surface area contributed by atoms with Crippen LogP contribution in [0.15, 0.2) is 54.6 Å².